The first-order valence-electron chi connectivity index (χ1n) is 11.6. The Bertz CT molecular complexity index is 1750. The van der Waals surface area contributed by atoms with Gasteiger partial charge in [0, 0.05) is 111 Å². The van der Waals surface area contributed by atoms with Crippen molar-refractivity contribution in [2.24, 2.45) is 16.1 Å². The second kappa shape index (κ2) is 16.8. The molecular formula is C27H22N4Na3O8S. The van der Waals surface area contributed by atoms with E-state index in [1.807, 2.05) is 0 Å². The van der Waals surface area contributed by atoms with Gasteiger partial charge in [-0.1, -0.05) is 36.4 Å². The van der Waals surface area contributed by atoms with E-state index in [0.717, 1.165) is 6.07 Å². The van der Waals surface area contributed by atoms with Gasteiger partial charge in [0.15, 0.2) is 5.92 Å². The average molecular weight is 632 g/mol. The summed E-state index contributed by atoms with van der Waals surface area (Å²) in [6.45, 7) is 0. The molecule has 16 heteroatoms. The van der Waals surface area contributed by atoms with Crippen molar-refractivity contribution < 1.29 is 37.6 Å². The molecule has 1 amide bonds. The van der Waals surface area contributed by atoms with Crippen molar-refractivity contribution in [1.82, 2.24) is 0 Å². The Morgan fingerprint density at radius 1 is 0.814 bits per heavy atom. The maximum atomic E-state index is 12.6. The Morgan fingerprint density at radius 2 is 1.37 bits per heavy atom. The molecule has 0 spiro atoms. The van der Waals surface area contributed by atoms with Gasteiger partial charge in [0.2, 0.25) is 0 Å². The van der Waals surface area contributed by atoms with Crippen molar-refractivity contribution in [1.29, 1.82) is 0 Å². The summed E-state index contributed by atoms with van der Waals surface area (Å²) >= 11 is 0. The molecule has 12 nitrogen and oxygen atoms in total. The molecule has 4 rings (SSSR count). The van der Waals surface area contributed by atoms with E-state index >= 15 is 0 Å². The topological polar surface area (TPSA) is 209 Å². The van der Waals surface area contributed by atoms with Crippen LogP contribution in [0.5, 0.6) is 0 Å². The standard InChI is InChI=1S/C27H22N4O8S.3Na/c28-24-20-4-2-1-3-19(20)23(40(37,38)39)14-22(24)31-30-18-11-7-16(8-12-18)25(32)29-17-9-5-15(6-10-17)13-21(26(33)34)27(35)36;;;/h1-12,14,21H,13,28H2,(H,29,32)(H,33,34)(H,35,36)(H,37,38,39);;;. The molecular weight excluding hydrogens is 609 g/mol. The number of rotatable bonds is 9. The summed E-state index contributed by atoms with van der Waals surface area (Å²) in [7, 11) is -4.56. The van der Waals surface area contributed by atoms with Crippen molar-refractivity contribution in [3.05, 3.63) is 90.0 Å². The van der Waals surface area contributed by atoms with Crippen molar-refractivity contribution in [2.45, 2.75) is 11.3 Å². The molecule has 4 aromatic rings. The number of nitrogens with zero attached hydrogens (tertiary/aromatic N) is 2. The number of hydrogen-bond acceptors (Lipinski definition) is 8. The Kier molecular flexibility index (Phi) is 15.2. The molecule has 0 heterocycles. The van der Waals surface area contributed by atoms with Crippen molar-refractivity contribution >= 4 is 150 Å². The molecule has 0 unspecified atom stereocenters. The third-order valence-corrected chi connectivity index (χ3v) is 6.85. The van der Waals surface area contributed by atoms with Gasteiger partial charge in [-0.25, -0.2) is 0 Å². The summed E-state index contributed by atoms with van der Waals surface area (Å²) in [6, 6.07) is 19.7. The van der Waals surface area contributed by atoms with Crippen LogP contribution < -0.4 is 11.1 Å². The molecule has 3 radical (unpaired) electrons. The van der Waals surface area contributed by atoms with Gasteiger partial charge in [0.25, 0.3) is 16.0 Å². The van der Waals surface area contributed by atoms with E-state index in [1.54, 1.807) is 18.2 Å². The maximum Gasteiger partial charge on any atom is 0.318 e. The van der Waals surface area contributed by atoms with Crippen LogP contribution in [0.1, 0.15) is 15.9 Å². The second-order valence-electron chi connectivity index (χ2n) is 8.66. The molecule has 0 aliphatic rings. The first-order chi connectivity index (χ1) is 18.9. The van der Waals surface area contributed by atoms with E-state index in [2.05, 4.69) is 15.5 Å². The zero-order chi connectivity index (χ0) is 29.0. The monoisotopic (exact) mass is 631 g/mol. The van der Waals surface area contributed by atoms with Crippen LogP contribution in [0.2, 0.25) is 0 Å². The number of carbonyl (C=O) groups excluding carboxylic acids is 1. The smallest absolute Gasteiger partial charge is 0.318 e. The number of hydrogen-bond donors (Lipinski definition) is 5. The number of anilines is 2. The Balaban J connectivity index is 0.00000308. The predicted octanol–water partition coefficient (Wildman–Crippen LogP) is 3.52. The van der Waals surface area contributed by atoms with Gasteiger partial charge in [0.1, 0.15) is 10.6 Å². The van der Waals surface area contributed by atoms with Gasteiger partial charge >= 0.3 is 11.9 Å². The number of aliphatic carboxylic acids is 2. The first-order valence-corrected chi connectivity index (χ1v) is 13.0. The molecule has 0 aliphatic heterocycles. The van der Waals surface area contributed by atoms with Gasteiger partial charge < -0.3 is 21.3 Å². The molecule has 0 bridgehead atoms. The van der Waals surface area contributed by atoms with Crippen LogP contribution in [-0.4, -0.2) is 130 Å². The van der Waals surface area contributed by atoms with Crippen molar-refractivity contribution in [3.63, 3.8) is 0 Å². The first kappa shape index (κ1) is 38.9. The maximum absolute atomic E-state index is 12.6. The number of amides is 1. The third-order valence-electron chi connectivity index (χ3n) is 5.95. The Hall–Kier alpha value is -2.14. The van der Waals surface area contributed by atoms with Gasteiger partial charge in [-0.15, -0.1) is 5.11 Å². The van der Waals surface area contributed by atoms with E-state index in [4.69, 9.17) is 15.9 Å². The van der Waals surface area contributed by atoms with E-state index in [9.17, 15) is 27.4 Å². The number of benzene rings is 4. The Labute approximate surface area is 312 Å². The van der Waals surface area contributed by atoms with Gasteiger partial charge in [-0.3, -0.25) is 18.9 Å². The number of carboxylic acid groups (broad SMARTS) is 2. The summed E-state index contributed by atoms with van der Waals surface area (Å²) < 4.78 is 33.4. The van der Waals surface area contributed by atoms with E-state index < -0.39 is 33.9 Å². The summed E-state index contributed by atoms with van der Waals surface area (Å²) in [5.74, 6) is -4.88. The van der Waals surface area contributed by atoms with Crippen molar-refractivity contribution in [3.8, 4) is 0 Å². The van der Waals surface area contributed by atoms with Crippen LogP contribution in [0, 0.1) is 5.92 Å². The molecule has 0 atom stereocenters. The van der Waals surface area contributed by atoms with Crippen LogP contribution in [-0.2, 0) is 26.1 Å². The van der Waals surface area contributed by atoms with Crippen LogP contribution in [0.15, 0.2) is 94.0 Å². The molecule has 0 saturated heterocycles. The van der Waals surface area contributed by atoms with Crippen LogP contribution >= 0.6 is 0 Å². The van der Waals surface area contributed by atoms with Crippen LogP contribution in [0.4, 0.5) is 22.7 Å². The number of azo groups is 1. The second-order valence-corrected chi connectivity index (χ2v) is 10.0. The predicted molar refractivity (Wildman–Crippen MR) is 163 cm³/mol. The molecule has 0 saturated carbocycles. The van der Waals surface area contributed by atoms with E-state index in [-0.39, 0.29) is 117 Å². The average Bonchev–Trinajstić information content (AvgIpc) is 2.91. The molecule has 43 heavy (non-hydrogen) atoms. The number of nitrogens with two attached hydrogens (primary N) is 1. The molecule has 0 aromatic heterocycles. The van der Waals surface area contributed by atoms with Gasteiger partial charge in [-0.2, -0.15) is 13.5 Å². The largest absolute Gasteiger partial charge is 0.481 e. The molecule has 0 fully saturated rings. The molecule has 6 N–H and O–H groups in total. The number of nitrogens with one attached hydrogen (secondary N) is 1. The fourth-order valence-corrected chi connectivity index (χ4v) is 4.60. The minimum absolute atomic E-state index is 0. The van der Waals surface area contributed by atoms with Gasteiger partial charge in [-0.05, 0) is 54.4 Å². The third kappa shape index (κ3) is 9.93. The fraction of sp³-hybridized carbons (Fsp3) is 0.0741. The summed E-state index contributed by atoms with van der Waals surface area (Å²) in [6.07, 6.45) is -0.198. The fourth-order valence-electron chi connectivity index (χ4n) is 3.88. The number of carboxylic acids is 2. The zero-order valence-corrected chi connectivity index (χ0v) is 30.4. The molecule has 4 aromatic carbocycles. The summed E-state index contributed by atoms with van der Waals surface area (Å²) in [5, 5.41) is 29.5. The number of nitrogen functional groups attached to an aromatic ring is 1. The van der Waals surface area contributed by atoms with E-state index in [1.165, 1.54) is 54.6 Å². The quantitative estimate of drug-likeness (QED) is 0.0601. The minimum Gasteiger partial charge on any atom is -0.481 e. The van der Waals surface area contributed by atoms with E-state index in [0.29, 0.717) is 27.9 Å². The molecule has 0 aliphatic carbocycles. The SMILES string of the molecule is Nc1c(N=Nc2ccc(C(=O)Nc3ccc(CC(C(=O)O)C(=O)O)cc3)cc2)cc(S(=O)(=O)O)c2ccccc12.[Na].[Na].[Na]. The number of carbonyl (C=O) groups is 3. The van der Waals surface area contributed by atoms with Crippen LogP contribution in [0.25, 0.3) is 10.8 Å². The van der Waals surface area contributed by atoms with Crippen LogP contribution in [0.3, 0.4) is 0 Å². The summed E-state index contributed by atoms with van der Waals surface area (Å²) in [5.41, 5.74) is 7.90. The van der Waals surface area contributed by atoms with Crippen molar-refractivity contribution in [2.75, 3.05) is 11.1 Å². The summed E-state index contributed by atoms with van der Waals surface area (Å²) in [4.78, 5) is 34.4. The number of fused-ring (bicyclic) bond motifs is 1. The molecule has 207 valence electrons. The zero-order valence-electron chi connectivity index (χ0n) is 23.6. The van der Waals surface area contributed by atoms with Gasteiger partial charge in [0.05, 0.1) is 11.4 Å². The normalized spacial score (nSPS) is 10.8. The minimum atomic E-state index is -4.56. The Morgan fingerprint density at radius 3 is 1.91 bits per heavy atom.